The van der Waals surface area contributed by atoms with Crippen LogP contribution in [0.1, 0.15) is 45.7 Å². The number of nitrogens with zero attached hydrogens (tertiary/aromatic N) is 4. The first-order valence-electron chi connectivity index (χ1n) is 11.6. The van der Waals surface area contributed by atoms with Crippen LogP contribution in [0, 0.1) is 0 Å². The molecule has 0 aliphatic carbocycles. The van der Waals surface area contributed by atoms with E-state index in [0.29, 0.717) is 35.7 Å². The lowest BCUT2D eigenvalue weighted by Crippen LogP contribution is -2.42. The Hall–Kier alpha value is -4.29. The number of methoxy groups -OCH3 is 2. The van der Waals surface area contributed by atoms with Crippen LogP contribution < -0.4 is 25.2 Å². The summed E-state index contributed by atoms with van der Waals surface area (Å²) in [5, 5.41) is 3.04. The van der Waals surface area contributed by atoms with Gasteiger partial charge in [-0.1, -0.05) is 12.1 Å². The molecule has 0 fully saturated rings. The van der Waals surface area contributed by atoms with Crippen LogP contribution in [0.3, 0.4) is 0 Å². The second-order valence-corrected chi connectivity index (χ2v) is 8.52. The fourth-order valence-electron chi connectivity index (χ4n) is 4.16. The maximum absolute atomic E-state index is 13.3. The molecule has 13 heteroatoms. The number of fused-ring (bicyclic) bond motifs is 1. The zero-order valence-corrected chi connectivity index (χ0v) is 21.1. The number of hydrogen-bond acceptors (Lipinski definition) is 8. The summed E-state index contributed by atoms with van der Waals surface area (Å²) in [6.45, 7) is 2.01. The summed E-state index contributed by atoms with van der Waals surface area (Å²) in [7, 11) is 4.14. The number of rotatable bonds is 7. The number of alkyl halides is 3. The average Bonchev–Trinajstić information content (AvgIpc) is 2.92. The Morgan fingerprint density at radius 1 is 1.05 bits per heavy atom. The molecule has 3 heterocycles. The van der Waals surface area contributed by atoms with Gasteiger partial charge in [0, 0.05) is 19.0 Å². The molecule has 0 saturated carbocycles. The van der Waals surface area contributed by atoms with E-state index in [1.54, 1.807) is 19.1 Å². The summed E-state index contributed by atoms with van der Waals surface area (Å²) in [6, 6.07) is 7.32. The van der Waals surface area contributed by atoms with Crippen LogP contribution in [0.25, 0.3) is 0 Å². The summed E-state index contributed by atoms with van der Waals surface area (Å²) in [5.74, 6) is 0.123. The Bertz CT molecular complexity index is 1390. The summed E-state index contributed by atoms with van der Waals surface area (Å²) in [6.07, 6.45) is -4.13. The van der Waals surface area contributed by atoms with Gasteiger partial charge in [-0.3, -0.25) is 9.59 Å². The maximum Gasteiger partial charge on any atom is 0.416 e. The molecule has 38 heavy (non-hydrogen) atoms. The van der Waals surface area contributed by atoms with Crippen LogP contribution in [0.15, 0.2) is 41.2 Å². The Labute approximate surface area is 215 Å². The second kappa shape index (κ2) is 10.6. The van der Waals surface area contributed by atoms with Crippen molar-refractivity contribution in [1.82, 2.24) is 19.6 Å². The first-order valence-corrected chi connectivity index (χ1v) is 11.6. The highest BCUT2D eigenvalue weighted by Gasteiger charge is 2.31. The van der Waals surface area contributed by atoms with Crippen LogP contribution in [-0.2, 0) is 19.1 Å². The van der Waals surface area contributed by atoms with Crippen molar-refractivity contribution < 1.29 is 32.3 Å². The molecular weight excluding hydrogens is 507 g/mol. The van der Waals surface area contributed by atoms with Gasteiger partial charge in [-0.15, -0.1) is 4.73 Å². The molecule has 3 aromatic rings. The Morgan fingerprint density at radius 2 is 1.76 bits per heavy atom. The number of benzene rings is 1. The minimum Gasteiger partial charge on any atom is -0.481 e. The molecule has 2 aromatic heterocycles. The lowest BCUT2D eigenvalue weighted by Gasteiger charge is -2.29. The van der Waals surface area contributed by atoms with Crippen LogP contribution >= 0.6 is 0 Å². The summed E-state index contributed by atoms with van der Waals surface area (Å²) < 4.78 is 50.0. The first kappa shape index (κ1) is 26.8. The van der Waals surface area contributed by atoms with Crippen molar-refractivity contribution in [2.45, 2.75) is 32.1 Å². The number of nitrogens with one attached hydrogen (secondary N) is 1. The predicted molar refractivity (Wildman–Crippen MR) is 130 cm³/mol. The average molecular weight is 534 g/mol. The summed E-state index contributed by atoms with van der Waals surface area (Å²) in [5.41, 5.74) is 0.314. The normalized spacial score (nSPS) is 13.9. The molecule has 0 radical (unpaired) electrons. The van der Waals surface area contributed by atoms with Crippen molar-refractivity contribution in [1.29, 1.82) is 0 Å². The van der Waals surface area contributed by atoms with Gasteiger partial charge in [-0.05, 0) is 30.7 Å². The Morgan fingerprint density at radius 3 is 2.37 bits per heavy atom. The molecule has 0 unspecified atom stereocenters. The topological polar surface area (TPSA) is 108 Å². The van der Waals surface area contributed by atoms with Crippen LogP contribution in [0.5, 0.6) is 11.8 Å². The Balaban J connectivity index is 1.58. The number of amides is 1. The van der Waals surface area contributed by atoms with Gasteiger partial charge in [0.25, 0.3) is 11.5 Å². The molecule has 0 saturated heterocycles. The molecule has 10 nitrogen and oxygen atoms in total. The minimum atomic E-state index is -4.43. The molecule has 1 amide bonds. The number of halogens is 3. The molecule has 1 aliphatic rings. The van der Waals surface area contributed by atoms with Crippen LogP contribution in [0.2, 0.25) is 0 Å². The van der Waals surface area contributed by atoms with E-state index in [4.69, 9.17) is 14.3 Å². The molecule has 0 spiro atoms. The maximum atomic E-state index is 13.3. The summed E-state index contributed by atoms with van der Waals surface area (Å²) in [4.78, 5) is 42.0. The number of pyridine rings is 1. The van der Waals surface area contributed by atoms with E-state index < -0.39 is 23.3 Å². The van der Waals surface area contributed by atoms with Crippen LogP contribution in [0.4, 0.5) is 19.1 Å². The molecule has 1 aliphatic heterocycles. The van der Waals surface area contributed by atoms with Gasteiger partial charge in [0.05, 0.1) is 43.6 Å². The van der Waals surface area contributed by atoms with Gasteiger partial charge in [0.2, 0.25) is 17.7 Å². The smallest absolute Gasteiger partial charge is 0.416 e. The molecule has 4 rings (SSSR count). The van der Waals surface area contributed by atoms with E-state index in [1.807, 2.05) is 0 Å². The van der Waals surface area contributed by atoms with Crippen molar-refractivity contribution in [3.63, 3.8) is 0 Å². The highest BCUT2D eigenvalue weighted by Crippen LogP contribution is 2.30. The van der Waals surface area contributed by atoms with Gasteiger partial charge < -0.3 is 24.5 Å². The largest absolute Gasteiger partial charge is 0.481 e. The first-order chi connectivity index (χ1) is 18.1. The quantitative estimate of drug-likeness (QED) is 0.494. The predicted octanol–water partition coefficient (Wildman–Crippen LogP) is 3.10. The highest BCUT2D eigenvalue weighted by atomic mass is 19.4. The fourth-order valence-corrected chi connectivity index (χ4v) is 4.16. The molecular formula is C25H26F3N5O5. The van der Waals surface area contributed by atoms with E-state index in [1.165, 1.54) is 38.4 Å². The van der Waals surface area contributed by atoms with Crippen molar-refractivity contribution in [2.24, 2.45) is 0 Å². The summed E-state index contributed by atoms with van der Waals surface area (Å²) >= 11 is 0. The van der Waals surface area contributed by atoms with Gasteiger partial charge >= 0.3 is 6.18 Å². The molecule has 202 valence electrons. The van der Waals surface area contributed by atoms with Crippen molar-refractivity contribution >= 4 is 11.9 Å². The van der Waals surface area contributed by atoms with Gasteiger partial charge in [0.1, 0.15) is 12.7 Å². The second-order valence-electron chi connectivity index (χ2n) is 8.52. The van der Waals surface area contributed by atoms with Gasteiger partial charge in [-0.25, -0.2) is 4.98 Å². The molecule has 1 N–H and O–H groups in total. The third-order valence-electron chi connectivity index (χ3n) is 6.21. The number of aromatic nitrogens is 3. The van der Waals surface area contributed by atoms with E-state index in [0.717, 1.165) is 16.9 Å². The number of anilines is 1. The number of ether oxygens (including phenoxy) is 2. The number of carbonyl (C=O) groups is 1. The Kier molecular flexibility index (Phi) is 7.46. The zero-order valence-electron chi connectivity index (χ0n) is 21.1. The van der Waals surface area contributed by atoms with Gasteiger partial charge in [-0.2, -0.15) is 18.2 Å². The third kappa shape index (κ3) is 5.22. The van der Waals surface area contributed by atoms with Gasteiger partial charge in [0.15, 0.2) is 0 Å². The van der Waals surface area contributed by atoms with E-state index in [2.05, 4.69) is 15.3 Å². The van der Waals surface area contributed by atoms with Crippen molar-refractivity contribution in [3.8, 4) is 11.8 Å². The molecule has 0 bridgehead atoms. The van der Waals surface area contributed by atoms with E-state index in [9.17, 15) is 22.8 Å². The number of hydrogen-bond donors (Lipinski definition) is 1. The van der Waals surface area contributed by atoms with Crippen LogP contribution in [-0.4, -0.2) is 53.4 Å². The van der Waals surface area contributed by atoms with Crippen molar-refractivity contribution in [2.75, 3.05) is 33.2 Å². The minimum absolute atomic E-state index is 0.00667. The lowest BCUT2D eigenvalue weighted by atomic mass is 10.1. The standard InChI is InChI=1S/C25H26F3N5O5/c1-14(15-5-7-16(8-6-15)25(26,27)28)29-24-30-19-11-12-32(13-18(19)23(35)33(24)38-4)22(34)17-9-10-20(36-2)31-21(17)37-3/h5-10,14H,11-13H2,1-4H3,(H,29,30)/t14-/m0/s1. The molecule has 1 aromatic carbocycles. The van der Waals surface area contributed by atoms with E-state index in [-0.39, 0.29) is 29.8 Å². The lowest BCUT2D eigenvalue weighted by molar-refractivity contribution is -0.137. The van der Waals surface area contributed by atoms with E-state index >= 15 is 0 Å². The number of carbonyl (C=O) groups excluding carboxylic acids is 1. The highest BCUT2D eigenvalue weighted by molar-refractivity contribution is 5.96. The van der Waals surface area contributed by atoms with Crippen molar-refractivity contribution in [3.05, 3.63) is 74.7 Å². The zero-order chi connectivity index (χ0) is 27.6. The fraction of sp³-hybridized carbons (Fsp3) is 0.360. The molecule has 1 atom stereocenters. The SMILES string of the molecule is COc1ccc(C(=O)N2CCc3nc(N[C@@H](C)c4ccc(C(F)(F)F)cc4)n(OC)c(=O)c3C2)c(OC)n1. The third-order valence-corrected chi connectivity index (χ3v) is 6.21. The monoisotopic (exact) mass is 533 g/mol.